The van der Waals surface area contributed by atoms with Crippen molar-refractivity contribution in [2.75, 3.05) is 40.3 Å². The molecule has 0 bridgehead atoms. The Bertz CT molecular complexity index is 377. The summed E-state index contributed by atoms with van der Waals surface area (Å²) in [6, 6.07) is 0. The molecule has 1 rings (SSSR count). The largest absolute Gasteiger partial charge is 0.396 e. The fourth-order valence-corrected chi connectivity index (χ4v) is 3.13. The lowest BCUT2D eigenvalue weighted by Gasteiger charge is -2.35. The molecule has 1 aliphatic rings. The third kappa shape index (κ3) is 8.50. The van der Waals surface area contributed by atoms with E-state index < -0.39 is 0 Å². The van der Waals surface area contributed by atoms with Crippen LogP contribution in [0, 0.1) is 5.41 Å². The quantitative estimate of drug-likeness (QED) is 0.298. The van der Waals surface area contributed by atoms with Crippen LogP contribution in [-0.2, 0) is 4.79 Å². The smallest absolute Gasteiger partial charge is 0.223 e. The summed E-state index contributed by atoms with van der Waals surface area (Å²) in [5.74, 6) is 0.874. The van der Waals surface area contributed by atoms with Gasteiger partial charge in [0.05, 0.1) is 0 Å². The fraction of sp³-hybridized carbons (Fsp3) is 0.882. The summed E-state index contributed by atoms with van der Waals surface area (Å²) in [5.41, 5.74) is 0.148. The number of carbonyl (C=O) groups is 1. The minimum Gasteiger partial charge on any atom is -0.396 e. The number of guanidine groups is 1. The van der Waals surface area contributed by atoms with Crippen LogP contribution >= 0.6 is 24.0 Å². The molecule has 1 aliphatic carbocycles. The molecule has 0 unspecified atom stereocenters. The van der Waals surface area contributed by atoms with Crippen LogP contribution in [0.3, 0.4) is 0 Å². The number of halogens is 1. The highest BCUT2D eigenvalue weighted by molar-refractivity contribution is 14.0. The molecule has 24 heavy (non-hydrogen) atoms. The van der Waals surface area contributed by atoms with E-state index in [0.717, 1.165) is 38.3 Å². The number of rotatable bonds is 8. The molecule has 1 saturated carbocycles. The summed E-state index contributed by atoms with van der Waals surface area (Å²) in [5, 5.41) is 15.9. The summed E-state index contributed by atoms with van der Waals surface area (Å²) in [7, 11) is 3.53. The van der Waals surface area contributed by atoms with E-state index >= 15 is 0 Å². The van der Waals surface area contributed by atoms with Crippen LogP contribution < -0.4 is 10.6 Å². The van der Waals surface area contributed by atoms with Gasteiger partial charge in [0.1, 0.15) is 0 Å². The van der Waals surface area contributed by atoms with Gasteiger partial charge >= 0.3 is 0 Å². The number of aliphatic hydroxyl groups is 1. The molecule has 0 aromatic rings. The van der Waals surface area contributed by atoms with Crippen LogP contribution in [0.15, 0.2) is 4.99 Å². The summed E-state index contributed by atoms with van der Waals surface area (Å²) < 4.78 is 0. The Kier molecular flexibility index (Phi) is 12.4. The lowest BCUT2D eigenvalue weighted by molar-refractivity contribution is -0.128. The molecule has 0 spiro atoms. The van der Waals surface area contributed by atoms with Gasteiger partial charge in [-0.05, 0) is 31.6 Å². The number of aliphatic hydroxyl groups excluding tert-OH is 1. The number of hydrogen-bond donors (Lipinski definition) is 3. The van der Waals surface area contributed by atoms with Gasteiger partial charge in [0.2, 0.25) is 5.91 Å². The molecule has 0 heterocycles. The van der Waals surface area contributed by atoms with Crippen LogP contribution in [-0.4, -0.2) is 62.2 Å². The van der Waals surface area contributed by atoms with Crippen molar-refractivity contribution in [1.82, 2.24) is 15.5 Å². The van der Waals surface area contributed by atoms with Crippen molar-refractivity contribution in [1.29, 1.82) is 0 Å². The van der Waals surface area contributed by atoms with E-state index in [9.17, 15) is 9.90 Å². The van der Waals surface area contributed by atoms with Gasteiger partial charge in [-0.15, -0.1) is 24.0 Å². The van der Waals surface area contributed by atoms with Gasteiger partial charge in [-0.25, -0.2) is 0 Å². The number of nitrogens with one attached hydrogen (secondary N) is 2. The Morgan fingerprint density at radius 2 is 1.88 bits per heavy atom. The van der Waals surface area contributed by atoms with Crippen molar-refractivity contribution in [2.45, 2.75) is 51.9 Å². The van der Waals surface area contributed by atoms with Crippen LogP contribution in [0.4, 0.5) is 0 Å². The molecule has 0 aromatic heterocycles. The third-order valence-corrected chi connectivity index (χ3v) is 4.60. The molecule has 0 atom stereocenters. The standard InChI is InChI=1S/C17H34N4O2.HI/c1-4-18-16(19-12-8-15(23)21(2)3)20-14-17(11-13-22)9-6-5-7-10-17;/h22H,4-14H2,1-3H3,(H2,18,19,20);1H. The van der Waals surface area contributed by atoms with Gasteiger partial charge < -0.3 is 20.6 Å². The highest BCUT2D eigenvalue weighted by Gasteiger charge is 2.31. The van der Waals surface area contributed by atoms with Crippen LogP contribution in [0.25, 0.3) is 0 Å². The maximum Gasteiger partial charge on any atom is 0.223 e. The third-order valence-electron chi connectivity index (χ3n) is 4.60. The van der Waals surface area contributed by atoms with E-state index in [2.05, 4.69) is 10.6 Å². The minimum absolute atomic E-state index is 0. The summed E-state index contributed by atoms with van der Waals surface area (Å²) in [6.45, 7) is 4.38. The summed E-state index contributed by atoms with van der Waals surface area (Å²) in [6.07, 6.45) is 7.34. The van der Waals surface area contributed by atoms with Crippen molar-refractivity contribution in [3.63, 3.8) is 0 Å². The van der Waals surface area contributed by atoms with Gasteiger partial charge in [-0.2, -0.15) is 0 Å². The predicted octanol–water partition coefficient (Wildman–Crippen LogP) is 1.97. The summed E-state index contributed by atoms with van der Waals surface area (Å²) in [4.78, 5) is 18.0. The van der Waals surface area contributed by atoms with Crippen molar-refractivity contribution in [3.05, 3.63) is 0 Å². The molecule has 3 N–H and O–H groups in total. The molecule has 1 amide bonds. The van der Waals surface area contributed by atoms with E-state index in [1.165, 1.54) is 19.3 Å². The molecule has 1 fully saturated rings. The fourth-order valence-electron chi connectivity index (χ4n) is 3.13. The lowest BCUT2D eigenvalue weighted by Crippen LogP contribution is -2.40. The number of nitrogens with zero attached hydrogens (tertiary/aromatic N) is 2. The van der Waals surface area contributed by atoms with E-state index in [4.69, 9.17) is 4.99 Å². The molecule has 142 valence electrons. The second-order valence-electron chi connectivity index (χ2n) is 6.69. The molecule has 0 aromatic carbocycles. The average molecular weight is 454 g/mol. The van der Waals surface area contributed by atoms with Gasteiger partial charge in [0, 0.05) is 46.8 Å². The normalized spacial score (nSPS) is 16.9. The van der Waals surface area contributed by atoms with Crippen LogP contribution in [0.5, 0.6) is 0 Å². The highest BCUT2D eigenvalue weighted by Crippen LogP contribution is 2.39. The first-order valence-electron chi connectivity index (χ1n) is 8.86. The van der Waals surface area contributed by atoms with Crippen molar-refractivity contribution >= 4 is 35.8 Å². The monoisotopic (exact) mass is 454 g/mol. The molecular formula is C17H35IN4O2. The van der Waals surface area contributed by atoms with Crippen LogP contribution in [0.2, 0.25) is 0 Å². The molecule has 0 aliphatic heterocycles. The van der Waals surface area contributed by atoms with Gasteiger partial charge in [0.25, 0.3) is 0 Å². The number of hydrogen-bond acceptors (Lipinski definition) is 3. The molecule has 0 saturated heterocycles. The Morgan fingerprint density at radius 3 is 2.42 bits per heavy atom. The average Bonchev–Trinajstić information content (AvgIpc) is 2.53. The highest BCUT2D eigenvalue weighted by atomic mass is 127. The SMILES string of the molecule is CCNC(=NCC1(CCO)CCCCC1)NCCC(=O)N(C)C.I. The van der Waals surface area contributed by atoms with Gasteiger partial charge in [-0.3, -0.25) is 9.79 Å². The Balaban J connectivity index is 0.00000529. The Morgan fingerprint density at radius 1 is 1.21 bits per heavy atom. The first-order valence-corrected chi connectivity index (χ1v) is 8.86. The van der Waals surface area contributed by atoms with E-state index in [1.54, 1.807) is 19.0 Å². The maximum absolute atomic E-state index is 11.6. The van der Waals surface area contributed by atoms with E-state index in [-0.39, 0.29) is 41.9 Å². The molecule has 0 radical (unpaired) electrons. The first-order chi connectivity index (χ1) is 11.0. The van der Waals surface area contributed by atoms with Crippen molar-refractivity contribution in [2.24, 2.45) is 10.4 Å². The van der Waals surface area contributed by atoms with E-state index in [0.29, 0.717) is 13.0 Å². The topological polar surface area (TPSA) is 77.0 Å². The number of aliphatic imine (C=N–C) groups is 1. The first kappa shape index (κ1) is 23.4. The van der Waals surface area contributed by atoms with E-state index in [1.807, 2.05) is 6.92 Å². The second kappa shape index (κ2) is 12.7. The number of amides is 1. The zero-order chi connectivity index (χ0) is 17.1. The van der Waals surface area contributed by atoms with Crippen molar-refractivity contribution < 1.29 is 9.90 Å². The van der Waals surface area contributed by atoms with Gasteiger partial charge in [0.15, 0.2) is 5.96 Å². The lowest BCUT2D eigenvalue weighted by atomic mass is 9.72. The van der Waals surface area contributed by atoms with Gasteiger partial charge in [-0.1, -0.05) is 19.3 Å². The Labute approximate surface area is 163 Å². The van der Waals surface area contributed by atoms with Crippen LogP contribution in [0.1, 0.15) is 51.9 Å². The zero-order valence-electron chi connectivity index (χ0n) is 15.4. The zero-order valence-corrected chi connectivity index (χ0v) is 17.8. The van der Waals surface area contributed by atoms with Crippen molar-refractivity contribution in [3.8, 4) is 0 Å². The number of carbonyl (C=O) groups excluding carboxylic acids is 1. The maximum atomic E-state index is 11.6. The second-order valence-corrected chi connectivity index (χ2v) is 6.69. The minimum atomic E-state index is 0. The molecule has 7 heteroatoms. The molecule has 6 nitrogen and oxygen atoms in total. The Hall–Kier alpha value is -0.570. The molecular weight excluding hydrogens is 419 g/mol. The predicted molar refractivity (Wildman–Crippen MR) is 110 cm³/mol. The summed E-state index contributed by atoms with van der Waals surface area (Å²) >= 11 is 0.